The van der Waals surface area contributed by atoms with Crippen molar-refractivity contribution in [2.24, 2.45) is 0 Å². The Kier molecular flexibility index (Phi) is 9.44. The van der Waals surface area contributed by atoms with Gasteiger partial charge in [-0.3, -0.25) is 9.69 Å². The standard InChI is InChI=1S/C8H16N2O2.C8H11N/c1-12-7-6-9-2-4-10(8-11)5-3-9;1-9-7-8-5-3-2-4-6-8/h8H,2-7H2,1H3;2-6,9H,7H2,1H3. The van der Waals surface area contributed by atoms with Crippen molar-refractivity contribution in [2.75, 3.05) is 53.5 Å². The summed E-state index contributed by atoms with van der Waals surface area (Å²) in [6.45, 7) is 6.37. The van der Waals surface area contributed by atoms with E-state index in [4.69, 9.17) is 4.74 Å². The van der Waals surface area contributed by atoms with E-state index in [9.17, 15) is 4.79 Å². The van der Waals surface area contributed by atoms with E-state index in [1.54, 1.807) is 7.11 Å². The topological polar surface area (TPSA) is 44.8 Å². The van der Waals surface area contributed by atoms with Gasteiger partial charge in [-0.05, 0) is 12.6 Å². The lowest BCUT2D eigenvalue weighted by Gasteiger charge is -2.32. The van der Waals surface area contributed by atoms with Crippen molar-refractivity contribution in [1.82, 2.24) is 15.1 Å². The number of benzene rings is 1. The summed E-state index contributed by atoms with van der Waals surface area (Å²) >= 11 is 0. The highest BCUT2D eigenvalue weighted by Crippen LogP contribution is 1.98. The number of amides is 1. The van der Waals surface area contributed by atoms with Gasteiger partial charge in [0.05, 0.1) is 6.61 Å². The van der Waals surface area contributed by atoms with Crippen molar-refractivity contribution in [3.63, 3.8) is 0 Å². The van der Waals surface area contributed by atoms with Crippen molar-refractivity contribution in [3.8, 4) is 0 Å². The number of nitrogens with zero attached hydrogens (tertiary/aromatic N) is 2. The molecule has 1 amide bonds. The number of carbonyl (C=O) groups excluding carboxylic acids is 1. The van der Waals surface area contributed by atoms with Crippen LogP contribution in [0, 0.1) is 0 Å². The maximum atomic E-state index is 10.4. The SMILES string of the molecule is CNCc1ccccc1.COCCN1CCN(C=O)CC1. The van der Waals surface area contributed by atoms with Gasteiger partial charge in [-0.1, -0.05) is 30.3 Å². The van der Waals surface area contributed by atoms with Crippen LogP contribution in [0.15, 0.2) is 30.3 Å². The molecular weight excluding hydrogens is 266 g/mol. The van der Waals surface area contributed by atoms with Crippen LogP contribution in [0.25, 0.3) is 0 Å². The van der Waals surface area contributed by atoms with Crippen LogP contribution >= 0.6 is 0 Å². The minimum absolute atomic E-state index is 0.779. The Hall–Kier alpha value is -1.43. The smallest absolute Gasteiger partial charge is 0.209 e. The highest BCUT2D eigenvalue weighted by Gasteiger charge is 2.13. The summed E-state index contributed by atoms with van der Waals surface area (Å²) in [5.74, 6) is 0. The van der Waals surface area contributed by atoms with Gasteiger partial charge in [0, 0.05) is 46.4 Å². The Labute approximate surface area is 127 Å². The molecule has 21 heavy (non-hydrogen) atoms. The van der Waals surface area contributed by atoms with E-state index in [1.807, 2.05) is 30.1 Å². The molecule has 0 aliphatic carbocycles. The summed E-state index contributed by atoms with van der Waals surface area (Å²) in [7, 11) is 3.66. The van der Waals surface area contributed by atoms with Gasteiger partial charge in [0.15, 0.2) is 0 Å². The normalized spacial score (nSPS) is 15.2. The summed E-state index contributed by atoms with van der Waals surface area (Å²) in [6.07, 6.45) is 0.924. The van der Waals surface area contributed by atoms with Crippen LogP contribution in [0.4, 0.5) is 0 Å². The number of piperazine rings is 1. The maximum Gasteiger partial charge on any atom is 0.209 e. The third-order valence-corrected chi connectivity index (χ3v) is 3.39. The second-order valence-corrected chi connectivity index (χ2v) is 4.99. The Balaban J connectivity index is 0.000000219. The molecule has 0 saturated carbocycles. The second kappa shape index (κ2) is 11.3. The first-order valence-electron chi connectivity index (χ1n) is 7.39. The quantitative estimate of drug-likeness (QED) is 0.789. The highest BCUT2D eigenvalue weighted by molar-refractivity contribution is 5.47. The van der Waals surface area contributed by atoms with Gasteiger partial charge in [-0.2, -0.15) is 0 Å². The Bertz CT molecular complexity index is 365. The van der Waals surface area contributed by atoms with Gasteiger partial charge in [0.1, 0.15) is 0 Å². The van der Waals surface area contributed by atoms with E-state index in [-0.39, 0.29) is 0 Å². The summed E-state index contributed by atoms with van der Waals surface area (Å²) in [5.41, 5.74) is 1.33. The molecule has 0 aromatic heterocycles. The van der Waals surface area contributed by atoms with Crippen LogP contribution in [0.5, 0.6) is 0 Å². The molecule has 0 atom stereocenters. The Morgan fingerprint density at radius 1 is 1.19 bits per heavy atom. The number of carbonyl (C=O) groups is 1. The van der Waals surface area contributed by atoms with Gasteiger partial charge in [-0.25, -0.2) is 0 Å². The lowest BCUT2D eigenvalue weighted by atomic mass is 10.2. The summed E-state index contributed by atoms with van der Waals surface area (Å²) in [5, 5.41) is 3.08. The molecule has 5 heteroatoms. The van der Waals surface area contributed by atoms with Crippen molar-refractivity contribution >= 4 is 6.41 Å². The first-order chi connectivity index (χ1) is 10.3. The second-order valence-electron chi connectivity index (χ2n) is 4.99. The van der Waals surface area contributed by atoms with Crippen LogP contribution in [-0.4, -0.2) is 69.7 Å². The molecule has 1 fully saturated rings. The molecule has 1 aliphatic rings. The lowest BCUT2D eigenvalue weighted by molar-refractivity contribution is -0.119. The number of nitrogens with one attached hydrogen (secondary N) is 1. The zero-order valence-corrected chi connectivity index (χ0v) is 13.1. The molecule has 1 N–H and O–H groups in total. The zero-order valence-electron chi connectivity index (χ0n) is 13.1. The zero-order chi connectivity index (χ0) is 15.3. The first kappa shape index (κ1) is 17.6. The average molecular weight is 293 g/mol. The van der Waals surface area contributed by atoms with Gasteiger partial charge in [0.2, 0.25) is 6.41 Å². The molecule has 1 saturated heterocycles. The van der Waals surface area contributed by atoms with Gasteiger partial charge in [0.25, 0.3) is 0 Å². The molecule has 1 aromatic rings. The summed E-state index contributed by atoms with van der Waals surface area (Å²) < 4.78 is 4.97. The van der Waals surface area contributed by atoms with Crippen molar-refractivity contribution in [2.45, 2.75) is 6.54 Å². The first-order valence-corrected chi connectivity index (χ1v) is 7.39. The molecule has 0 unspecified atom stereocenters. The van der Waals surface area contributed by atoms with E-state index < -0.39 is 0 Å². The predicted octanol–water partition coefficient (Wildman–Crippen LogP) is 0.813. The molecule has 2 rings (SSSR count). The predicted molar refractivity (Wildman–Crippen MR) is 85.2 cm³/mol. The van der Waals surface area contributed by atoms with E-state index >= 15 is 0 Å². The highest BCUT2D eigenvalue weighted by atomic mass is 16.5. The van der Waals surface area contributed by atoms with Gasteiger partial charge >= 0.3 is 0 Å². The minimum atomic E-state index is 0.779. The molecule has 1 aromatic carbocycles. The van der Waals surface area contributed by atoms with E-state index in [2.05, 4.69) is 22.3 Å². The lowest BCUT2D eigenvalue weighted by Crippen LogP contribution is -2.46. The average Bonchev–Trinajstić information content (AvgIpc) is 2.55. The fourth-order valence-electron chi connectivity index (χ4n) is 2.11. The van der Waals surface area contributed by atoms with E-state index in [1.165, 1.54) is 5.56 Å². The van der Waals surface area contributed by atoms with Gasteiger partial charge in [-0.15, -0.1) is 0 Å². The van der Waals surface area contributed by atoms with Crippen LogP contribution in [0.3, 0.4) is 0 Å². The van der Waals surface area contributed by atoms with E-state index in [0.717, 1.165) is 52.3 Å². The van der Waals surface area contributed by atoms with Crippen LogP contribution in [0.2, 0.25) is 0 Å². The maximum absolute atomic E-state index is 10.4. The third-order valence-electron chi connectivity index (χ3n) is 3.39. The summed E-state index contributed by atoms with van der Waals surface area (Å²) in [6, 6.07) is 10.3. The summed E-state index contributed by atoms with van der Waals surface area (Å²) in [4.78, 5) is 14.5. The van der Waals surface area contributed by atoms with Crippen LogP contribution in [0.1, 0.15) is 5.56 Å². The molecule has 0 spiro atoms. The fourth-order valence-corrected chi connectivity index (χ4v) is 2.11. The fraction of sp³-hybridized carbons (Fsp3) is 0.562. The Morgan fingerprint density at radius 2 is 1.86 bits per heavy atom. The Morgan fingerprint density at radius 3 is 2.38 bits per heavy atom. The largest absolute Gasteiger partial charge is 0.383 e. The monoisotopic (exact) mass is 293 g/mol. The van der Waals surface area contributed by atoms with Crippen molar-refractivity contribution < 1.29 is 9.53 Å². The molecule has 1 heterocycles. The molecule has 1 aliphatic heterocycles. The van der Waals surface area contributed by atoms with Crippen molar-refractivity contribution in [1.29, 1.82) is 0 Å². The third kappa shape index (κ3) is 7.80. The number of hydrogen-bond donors (Lipinski definition) is 1. The number of methoxy groups -OCH3 is 1. The minimum Gasteiger partial charge on any atom is -0.383 e. The van der Waals surface area contributed by atoms with Gasteiger partial charge < -0.3 is 15.0 Å². The van der Waals surface area contributed by atoms with E-state index in [0.29, 0.717) is 0 Å². The van der Waals surface area contributed by atoms with Crippen molar-refractivity contribution in [3.05, 3.63) is 35.9 Å². The number of hydrogen-bond acceptors (Lipinski definition) is 4. The molecule has 0 radical (unpaired) electrons. The number of rotatable bonds is 6. The number of ether oxygens (including phenoxy) is 1. The van der Waals surface area contributed by atoms with Crippen LogP contribution in [-0.2, 0) is 16.1 Å². The molecule has 5 nitrogen and oxygen atoms in total. The molecular formula is C16H27N3O2. The van der Waals surface area contributed by atoms with Crippen LogP contribution < -0.4 is 5.32 Å². The molecule has 0 bridgehead atoms. The molecule has 118 valence electrons.